The molecular weight excluding hydrogens is 723 g/mol. The summed E-state index contributed by atoms with van der Waals surface area (Å²) in [7, 11) is 0. The van der Waals surface area contributed by atoms with Crippen LogP contribution in [0.15, 0.2) is 115 Å². The number of aryl methyl sites for hydroxylation is 1. The molecule has 0 spiro atoms. The summed E-state index contributed by atoms with van der Waals surface area (Å²) in [4.78, 5) is 7.73. The quantitative estimate of drug-likeness (QED) is 0.173. The van der Waals surface area contributed by atoms with E-state index in [0.29, 0.717) is 0 Å². The number of benzene rings is 6. The maximum absolute atomic E-state index is 2.62. The van der Waals surface area contributed by atoms with Crippen LogP contribution in [0.4, 0.5) is 50.5 Å². The molecule has 4 heteroatoms. The Bertz CT molecular complexity index is 2820. The SMILES string of the molecule is Cc1cc2c3c(c1)N(c1ccc(C(C)(C)C)cc1)c1c(sc4cc5c(cc14)-c1ccccc1C5(C)C)N3c1cc(C(C)(C)C)ccc1N2c1ccc(C(C)(C)C)cc1. The van der Waals surface area contributed by atoms with Gasteiger partial charge in [0.2, 0.25) is 0 Å². The van der Waals surface area contributed by atoms with Crippen LogP contribution in [0.25, 0.3) is 21.2 Å². The van der Waals surface area contributed by atoms with E-state index in [2.05, 4.69) is 213 Å². The Balaban J connectivity index is 1.31. The molecule has 3 nitrogen and oxygen atoms in total. The van der Waals surface area contributed by atoms with E-state index in [4.69, 9.17) is 0 Å². The smallest absolute Gasteiger partial charge is 0.126 e. The summed E-state index contributed by atoms with van der Waals surface area (Å²) in [5, 5.41) is 2.56. The first-order valence-corrected chi connectivity index (χ1v) is 21.8. The van der Waals surface area contributed by atoms with Crippen LogP contribution in [-0.4, -0.2) is 0 Å². The molecule has 0 N–H and O–H groups in total. The molecule has 6 aromatic carbocycles. The number of hydrogen-bond donors (Lipinski definition) is 0. The van der Waals surface area contributed by atoms with E-state index in [1.54, 1.807) is 0 Å². The van der Waals surface area contributed by atoms with Crippen LogP contribution in [0.3, 0.4) is 0 Å². The minimum atomic E-state index is -0.0806. The molecule has 0 fully saturated rings. The number of hydrogen-bond acceptors (Lipinski definition) is 4. The van der Waals surface area contributed by atoms with E-state index in [-0.39, 0.29) is 21.7 Å². The summed E-state index contributed by atoms with van der Waals surface area (Å²) in [5.41, 5.74) is 20.4. The zero-order valence-electron chi connectivity index (χ0n) is 36.2. The van der Waals surface area contributed by atoms with Crippen LogP contribution < -0.4 is 14.7 Å². The highest BCUT2D eigenvalue weighted by Gasteiger charge is 2.43. The van der Waals surface area contributed by atoms with Crippen molar-refractivity contribution in [2.75, 3.05) is 14.7 Å². The van der Waals surface area contributed by atoms with Gasteiger partial charge in [0.1, 0.15) is 5.00 Å². The van der Waals surface area contributed by atoms with Gasteiger partial charge in [-0.3, -0.25) is 4.90 Å². The Hall–Kier alpha value is -5.32. The molecule has 0 saturated carbocycles. The molecule has 3 heterocycles. The van der Waals surface area contributed by atoms with Gasteiger partial charge < -0.3 is 9.80 Å². The van der Waals surface area contributed by atoms with E-state index in [0.717, 1.165) is 0 Å². The van der Waals surface area contributed by atoms with E-state index < -0.39 is 0 Å². The van der Waals surface area contributed by atoms with Crippen molar-refractivity contribution in [2.24, 2.45) is 0 Å². The lowest BCUT2D eigenvalue weighted by Crippen LogP contribution is -2.30. The minimum absolute atomic E-state index is 0.0238. The molecule has 7 aromatic rings. The second-order valence-electron chi connectivity index (χ2n) is 20.5. The summed E-state index contributed by atoms with van der Waals surface area (Å²) in [5.74, 6) is 0. The molecule has 0 bridgehead atoms. The molecule has 0 atom stereocenters. The number of rotatable bonds is 2. The van der Waals surface area contributed by atoms with E-state index in [1.807, 2.05) is 11.3 Å². The molecule has 0 amide bonds. The average molecular weight is 778 g/mol. The molecule has 3 aliphatic rings. The third kappa shape index (κ3) is 5.37. The Kier molecular flexibility index (Phi) is 7.72. The molecule has 292 valence electrons. The maximum atomic E-state index is 2.62. The Morgan fingerprint density at radius 3 is 1.62 bits per heavy atom. The van der Waals surface area contributed by atoms with Crippen molar-refractivity contribution in [3.63, 3.8) is 0 Å². The van der Waals surface area contributed by atoms with E-state index in [1.165, 1.54) is 105 Å². The van der Waals surface area contributed by atoms with Crippen molar-refractivity contribution in [2.45, 2.75) is 105 Å². The average Bonchev–Trinajstić information content (AvgIpc) is 3.64. The van der Waals surface area contributed by atoms with Crippen LogP contribution in [0.1, 0.15) is 110 Å². The van der Waals surface area contributed by atoms with Crippen molar-refractivity contribution in [1.29, 1.82) is 0 Å². The number of anilines is 9. The predicted octanol–water partition coefficient (Wildman–Crippen LogP) is 16.4. The first-order valence-electron chi connectivity index (χ1n) is 20.9. The fraction of sp³-hybridized carbons (Fsp3) is 0.296. The third-order valence-electron chi connectivity index (χ3n) is 13.0. The molecule has 1 aromatic heterocycles. The summed E-state index contributed by atoms with van der Waals surface area (Å²) in [6.45, 7) is 27.8. The van der Waals surface area contributed by atoms with Crippen LogP contribution in [0, 0.1) is 6.92 Å². The predicted molar refractivity (Wildman–Crippen MR) is 251 cm³/mol. The van der Waals surface area contributed by atoms with Gasteiger partial charge in [-0.2, -0.15) is 0 Å². The molecular formula is C54H55N3S. The molecule has 58 heavy (non-hydrogen) atoms. The van der Waals surface area contributed by atoms with Gasteiger partial charge in [0.05, 0.1) is 34.1 Å². The first kappa shape index (κ1) is 37.0. The normalized spacial score (nSPS) is 15.3. The van der Waals surface area contributed by atoms with Gasteiger partial charge in [-0.1, -0.05) is 131 Å². The molecule has 0 unspecified atom stereocenters. The van der Waals surface area contributed by atoms with Gasteiger partial charge in [0.15, 0.2) is 0 Å². The van der Waals surface area contributed by atoms with Crippen molar-refractivity contribution in [3.8, 4) is 11.1 Å². The lowest BCUT2D eigenvalue weighted by molar-refractivity contribution is 0.590. The fourth-order valence-corrected chi connectivity index (χ4v) is 10.9. The van der Waals surface area contributed by atoms with Crippen LogP contribution >= 0.6 is 11.3 Å². The largest absolute Gasteiger partial charge is 0.306 e. The van der Waals surface area contributed by atoms with Gasteiger partial charge >= 0.3 is 0 Å². The van der Waals surface area contributed by atoms with Crippen LogP contribution in [-0.2, 0) is 21.7 Å². The van der Waals surface area contributed by atoms with Crippen molar-refractivity contribution in [3.05, 3.63) is 149 Å². The van der Waals surface area contributed by atoms with Crippen molar-refractivity contribution < 1.29 is 0 Å². The van der Waals surface area contributed by atoms with Crippen molar-refractivity contribution >= 4 is 71.9 Å². The Morgan fingerprint density at radius 2 is 1.02 bits per heavy atom. The van der Waals surface area contributed by atoms with Gasteiger partial charge in [-0.05, 0) is 128 Å². The summed E-state index contributed by atoms with van der Waals surface area (Å²) in [6, 6.07) is 44.7. The minimum Gasteiger partial charge on any atom is -0.306 e. The Labute approximate surface area is 349 Å². The van der Waals surface area contributed by atoms with Gasteiger partial charge in [0, 0.05) is 26.9 Å². The zero-order valence-corrected chi connectivity index (χ0v) is 37.0. The molecule has 0 saturated heterocycles. The molecule has 1 aliphatic carbocycles. The van der Waals surface area contributed by atoms with Gasteiger partial charge in [-0.15, -0.1) is 11.3 Å². The molecule has 0 radical (unpaired) electrons. The molecule has 10 rings (SSSR count). The monoisotopic (exact) mass is 777 g/mol. The number of thiophene rings is 1. The zero-order chi connectivity index (χ0) is 40.8. The maximum Gasteiger partial charge on any atom is 0.126 e. The highest BCUT2D eigenvalue weighted by atomic mass is 32.1. The lowest BCUT2D eigenvalue weighted by atomic mass is 9.82. The summed E-state index contributed by atoms with van der Waals surface area (Å²) >= 11 is 1.94. The van der Waals surface area contributed by atoms with Crippen LogP contribution in [0.2, 0.25) is 0 Å². The number of nitrogens with zero attached hydrogens (tertiary/aromatic N) is 3. The standard InChI is InChI=1S/C54H55N3S/c1-32-27-45-49-46(28-32)56(37-24-19-34(20-25-37)52(5,6)7)48-40-30-39-38-15-13-14-16-41(38)54(11,12)42(39)31-47(40)58-50(48)57(49)44-29-35(53(8,9)10)21-26-43(44)55(45)36-22-17-33(18-23-36)51(2,3)4/h13-31H,1-12H3. The van der Waals surface area contributed by atoms with E-state index >= 15 is 0 Å². The highest BCUT2D eigenvalue weighted by Crippen LogP contribution is 2.67. The van der Waals surface area contributed by atoms with E-state index in [9.17, 15) is 0 Å². The third-order valence-corrected chi connectivity index (χ3v) is 14.1. The topological polar surface area (TPSA) is 9.72 Å². The number of fused-ring (bicyclic) bond motifs is 9. The second kappa shape index (κ2) is 12.1. The Morgan fingerprint density at radius 1 is 0.466 bits per heavy atom. The second-order valence-corrected chi connectivity index (χ2v) is 21.6. The lowest BCUT2D eigenvalue weighted by Gasteiger charge is -2.46. The first-order chi connectivity index (χ1) is 27.3. The fourth-order valence-electron chi connectivity index (χ4n) is 9.65. The van der Waals surface area contributed by atoms with Gasteiger partial charge in [0.25, 0.3) is 0 Å². The highest BCUT2D eigenvalue weighted by molar-refractivity contribution is 7.24. The van der Waals surface area contributed by atoms with Crippen LogP contribution in [0.5, 0.6) is 0 Å². The van der Waals surface area contributed by atoms with Gasteiger partial charge in [-0.25, -0.2) is 0 Å². The summed E-state index contributed by atoms with van der Waals surface area (Å²) < 4.78 is 1.32. The summed E-state index contributed by atoms with van der Waals surface area (Å²) in [6.07, 6.45) is 0. The van der Waals surface area contributed by atoms with Crippen molar-refractivity contribution in [1.82, 2.24) is 0 Å². The molecule has 2 aliphatic heterocycles.